The second kappa shape index (κ2) is 8.99. The highest BCUT2D eigenvalue weighted by Crippen LogP contribution is 2.31. The minimum Gasteiger partial charge on any atom is -0.495 e. The van der Waals surface area contributed by atoms with Gasteiger partial charge in [-0.2, -0.15) is 5.10 Å². The molecule has 174 valence electrons. The molecule has 0 radical (unpaired) electrons. The number of halogens is 1. The quantitative estimate of drug-likeness (QED) is 0.429. The molecule has 0 bridgehead atoms. The summed E-state index contributed by atoms with van der Waals surface area (Å²) in [4.78, 5) is 22.6. The molecule has 4 aromatic rings. The number of ether oxygens (including phenoxy) is 1. The number of rotatable bonds is 4. The number of methoxy groups -OCH3 is 1. The van der Waals surface area contributed by atoms with Gasteiger partial charge in [0.25, 0.3) is 5.91 Å². The number of carbonyl (C=O) groups is 1. The van der Waals surface area contributed by atoms with Gasteiger partial charge in [-0.15, -0.1) is 0 Å². The molecule has 5 rings (SSSR count). The molecule has 0 aliphatic carbocycles. The van der Waals surface area contributed by atoms with Gasteiger partial charge in [0.05, 0.1) is 40.2 Å². The van der Waals surface area contributed by atoms with E-state index < -0.39 is 0 Å². The average molecular weight is 476 g/mol. The molecule has 34 heavy (non-hydrogen) atoms. The zero-order valence-corrected chi connectivity index (χ0v) is 20.2. The van der Waals surface area contributed by atoms with Gasteiger partial charge in [-0.1, -0.05) is 35.9 Å². The van der Waals surface area contributed by atoms with Crippen molar-refractivity contribution in [2.75, 3.05) is 38.2 Å². The first-order chi connectivity index (χ1) is 16.5. The SMILES string of the molecule is COc1ccccc1N1CCN(C(=O)c2cc(C)nc3c2c(C)nn3-c2ccccc2Cl)CC1. The minimum atomic E-state index is -0.00279. The molecular formula is C26H26ClN5O2. The molecule has 0 N–H and O–H groups in total. The largest absolute Gasteiger partial charge is 0.495 e. The number of hydrogen-bond acceptors (Lipinski definition) is 5. The third kappa shape index (κ3) is 3.86. The van der Waals surface area contributed by atoms with Crippen LogP contribution in [0.1, 0.15) is 21.7 Å². The molecule has 1 aliphatic heterocycles. The van der Waals surface area contributed by atoms with Crippen LogP contribution < -0.4 is 9.64 Å². The summed E-state index contributed by atoms with van der Waals surface area (Å²) in [6.07, 6.45) is 0. The Morgan fingerprint density at radius 2 is 1.65 bits per heavy atom. The Bertz CT molecular complexity index is 1380. The van der Waals surface area contributed by atoms with Crippen LogP contribution in [0.4, 0.5) is 5.69 Å². The number of amides is 1. The van der Waals surface area contributed by atoms with Crippen LogP contribution in [0.3, 0.4) is 0 Å². The van der Waals surface area contributed by atoms with Crippen LogP contribution in [-0.2, 0) is 0 Å². The Morgan fingerprint density at radius 1 is 0.971 bits per heavy atom. The topological polar surface area (TPSA) is 63.5 Å². The van der Waals surface area contributed by atoms with E-state index in [9.17, 15) is 4.79 Å². The molecule has 1 fully saturated rings. The van der Waals surface area contributed by atoms with Crippen LogP contribution in [0.5, 0.6) is 5.75 Å². The number of benzene rings is 2. The van der Waals surface area contributed by atoms with Gasteiger partial charge in [-0.25, -0.2) is 9.67 Å². The normalized spacial score (nSPS) is 14.0. The number of pyridine rings is 1. The number of piperazine rings is 1. The first-order valence-electron chi connectivity index (χ1n) is 11.3. The van der Waals surface area contributed by atoms with E-state index in [2.05, 4.69) is 11.0 Å². The van der Waals surface area contributed by atoms with Crippen LogP contribution >= 0.6 is 11.6 Å². The van der Waals surface area contributed by atoms with Gasteiger partial charge in [0, 0.05) is 31.9 Å². The van der Waals surface area contributed by atoms with Crippen molar-refractivity contribution in [1.29, 1.82) is 0 Å². The van der Waals surface area contributed by atoms with E-state index in [1.54, 1.807) is 11.8 Å². The molecule has 0 atom stereocenters. The minimum absolute atomic E-state index is 0.00279. The number of hydrogen-bond donors (Lipinski definition) is 0. The number of nitrogens with zero attached hydrogens (tertiary/aromatic N) is 5. The van der Waals surface area contributed by atoms with E-state index in [1.165, 1.54) is 0 Å². The van der Waals surface area contributed by atoms with E-state index in [-0.39, 0.29) is 5.91 Å². The molecule has 3 heterocycles. The predicted molar refractivity (Wildman–Crippen MR) is 134 cm³/mol. The van der Waals surface area contributed by atoms with Crippen LogP contribution in [0, 0.1) is 13.8 Å². The zero-order chi connectivity index (χ0) is 23.8. The second-order valence-electron chi connectivity index (χ2n) is 8.41. The average Bonchev–Trinajstić information content (AvgIpc) is 3.19. The number of aromatic nitrogens is 3. The maximum atomic E-state index is 13.7. The Labute approximate surface area is 203 Å². The third-order valence-electron chi connectivity index (χ3n) is 6.24. The van der Waals surface area contributed by atoms with Gasteiger partial charge >= 0.3 is 0 Å². The van der Waals surface area contributed by atoms with Crippen molar-refractivity contribution >= 4 is 34.2 Å². The molecule has 1 saturated heterocycles. The van der Waals surface area contributed by atoms with Gasteiger partial charge in [0.1, 0.15) is 5.75 Å². The standard InChI is InChI=1S/C26H26ClN5O2/c1-17-16-19(24-18(2)29-32(25(24)28-17)21-9-5-4-8-20(21)27)26(33)31-14-12-30(13-15-31)22-10-6-7-11-23(22)34-3/h4-11,16H,12-15H2,1-3H3. The predicted octanol–water partition coefficient (Wildman–Crippen LogP) is 4.66. The summed E-state index contributed by atoms with van der Waals surface area (Å²) in [5.41, 5.74) is 4.57. The summed E-state index contributed by atoms with van der Waals surface area (Å²) in [6, 6.07) is 17.4. The van der Waals surface area contributed by atoms with Crippen molar-refractivity contribution in [2.45, 2.75) is 13.8 Å². The van der Waals surface area contributed by atoms with Crippen molar-refractivity contribution in [1.82, 2.24) is 19.7 Å². The first kappa shape index (κ1) is 22.2. The van der Waals surface area contributed by atoms with Crippen LogP contribution in [0.15, 0.2) is 54.6 Å². The highest BCUT2D eigenvalue weighted by Gasteiger charge is 2.27. The summed E-state index contributed by atoms with van der Waals surface area (Å²) in [7, 11) is 1.68. The molecular weight excluding hydrogens is 450 g/mol. The van der Waals surface area contributed by atoms with Crippen molar-refractivity contribution in [3.8, 4) is 11.4 Å². The number of aryl methyl sites for hydroxylation is 2. The molecule has 0 unspecified atom stereocenters. The monoisotopic (exact) mass is 475 g/mol. The molecule has 0 saturated carbocycles. The van der Waals surface area contributed by atoms with Crippen molar-refractivity contribution < 1.29 is 9.53 Å². The summed E-state index contributed by atoms with van der Waals surface area (Å²) >= 11 is 6.44. The van der Waals surface area contributed by atoms with Crippen molar-refractivity contribution in [3.05, 3.63) is 76.6 Å². The fraction of sp³-hybridized carbons (Fsp3) is 0.269. The number of anilines is 1. The second-order valence-corrected chi connectivity index (χ2v) is 8.82. The fourth-order valence-electron chi connectivity index (χ4n) is 4.59. The highest BCUT2D eigenvalue weighted by atomic mass is 35.5. The van der Waals surface area contributed by atoms with Crippen LogP contribution in [0.25, 0.3) is 16.7 Å². The summed E-state index contributed by atoms with van der Waals surface area (Å²) < 4.78 is 7.25. The van der Waals surface area contributed by atoms with Gasteiger partial charge in [0.2, 0.25) is 0 Å². The highest BCUT2D eigenvalue weighted by molar-refractivity contribution is 6.32. The van der Waals surface area contributed by atoms with Crippen LogP contribution in [0.2, 0.25) is 5.02 Å². The van der Waals surface area contributed by atoms with Crippen molar-refractivity contribution in [3.63, 3.8) is 0 Å². The number of carbonyl (C=O) groups excluding carboxylic acids is 1. The van der Waals surface area contributed by atoms with E-state index in [4.69, 9.17) is 26.4 Å². The van der Waals surface area contributed by atoms with Gasteiger partial charge in [-0.3, -0.25) is 4.79 Å². The molecule has 8 heteroatoms. The lowest BCUT2D eigenvalue weighted by atomic mass is 10.1. The Hall–Kier alpha value is -3.58. The summed E-state index contributed by atoms with van der Waals surface area (Å²) in [5.74, 6) is 0.841. The molecule has 2 aromatic carbocycles. The Morgan fingerprint density at radius 3 is 2.35 bits per heavy atom. The maximum Gasteiger partial charge on any atom is 0.254 e. The summed E-state index contributed by atoms with van der Waals surface area (Å²) in [6.45, 7) is 6.52. The smallest absolute Gasteiger partial charge is 0.254 e. The third-order valence-corrected chi connectivity index (χ3v) is 6.56. The van der Waals surface area contributed by atoms with E-state index in [1.807, 2.05) is 67.3 Å². The molecule has 2 aromatic heterocycles. The Kier molecular flexibility index (Phi) is 5.87. The lowest BCUT2D eigenvalue weighted by Gasteiger charge is -2.36. The van der Waals surface area contributed by atoms with E-state index in [0.717, 1.165) is 47.0 Å². The lowest BCUT2D eigenvalue weighted by Crippen LogP contribution is -2.49. The summed E-state index contributed by atoms with van der Waals surface area (Å²) in [5, 5.41) is 6.04. The first-order valence-corrected chi connectivity index (χ1v) is 11.6. The molecule has 1 amide bonds. The van der Waals surface area contributed by atoms with Gasteiger partial charge < -0.3 is 14.5 Å². The lowest BCUT2D eigenvalue weighted by molar-refractivity contribution is 0.0748. The molecule has 0 spiro atoms. The number of para-hydroxylation sites is 3. The van der Waals surface area contributed by atoms with Crippen molar-refractivity contribution in [2.24, 2.45) is 0 Å². The maximum absolute atomic E-state index is 13.7. The van der Waals surface area contributed by atoms with Gasteiger partial charge in [-0.05, 0) is 44.2 Å². The van der Waals surface area contributed by atoms with E-state index in [0.29, 0.717) is 29.3 Å². The molecule has 7 nitrogen and oxygen atoms in total. The zero-order valence-electron chi connectivity index (χ0n) is 19.5. The van der Waals surface area contributed by atoms with Gasteiger partial charge in [0.15, 0.2) is 5.65 Å². The fourth-order valence-corrected chi connectivity index (χ4v) is 4.80. The van der Waals surface area contributed by atoms with E-state index >= 15 is 0 Å². The van der Waals surface area contributed by atoms with Crippen LogP contribution in [-0.4, -0.2) is 58.9 Å². The Balaban J connectivity index is 1.46. The molecule has 1 aliphatic rings. The number of fused-ring (bicyclic) bond motifs is 1.